The third-order valence-electron chi connectivity index (χ3n) is 4.33. The Morgan fingerprint density at radius 1 is 1.17 bits per heavy atom. The fraction of sp³-hybridized carbons (Fsp3) is 0.238. The van der Waals surface area contributed by atoms with Gasteiger partial charge in [-0.3, -0.25) is 15.1 Å². The van der Waals surface area contributed by atoms with E-state index in [2.05, 4.69) is 20.5 Å². The van der Waals surface area contributed by atoms with E-state index in [1.165, 1.54) is 23.1 Å². The second-order valence-corrected chi connectivity index (χ2v) is 9.85. The zero-order chi connectivity index (χ0) is 20.6. The van der Waals surface area contributed by atoms with Crippen molar-refractivity contribution >= 4 is 45.0 Å². The van der Waals surface area contributed by atoms with Crippen LogP contribution in [0, 0.1) is 6.92 Å². The van der Waals surface area contributed by atoms with Gasteiger partial charge in [-0.15, -0.1) is 10.2 Å². The van der Waals surface area contributed by atoms with Gasteiger partial charge in [-0.1, -0.05) is 62.1 Å². The van der Waals surface area contributed by atoms with Crippen molar-refractivity contribution in [1.29, 1.82) is 0 Å². The number of pyridine rings is 1. The lowest BCUT2D eigenvalue weighted by Gasteiger charge is -2.13. The molecule has 148 valence electrons. The monoisotopic (exact) mass is 424 g/mol. The van der Waals surface area contributed by atoms with Gasteiger partial charge in [-0.25, -0.2) is 0 Å². The van der Waals surface area contributed by atoms with Crippen LogP contribution >= 0.6 is 23.1 Å². The third kappa shape index (κ3) is 4.18. The summed E-state index contributed by atoms with van der Waals surface area (Å²) < 4.78 is 6.51. The molecule has 0 bridgehead atoms. The predicted octanol–water partition coefficient (Wildman–Crippen LogP) is 5.69. The summed E-state index contributed by atoms with van der Waals surface area (Å²) in [6.45, 7) is 7.93. The number of carbonyl (C=O) groups is 1. The SMILES string of the molecule is Cc1oc(C(C)(C)C)cc1C(=O)Nc1nnc(Sc2ccnc3ccccc23)s1. The second kappa shape index (κ2) is 7.61. The number of hydrogen-bond donors (Lipinski definition) is 1. The van der Waals surface area contributed by atoms with Crippen LogP contribution in [0.2, 0.25) is 0 Å². The molecule has 1 N–H and O–H groups in total. The zero-order valence-electron chi connectivity index (χ0n) is 16.5. The standard InChI is InChI=1S/C21H20N4O2S2/c1-12-14(11-17(27-12)21(2,3)4)18(26)23-19-24-25-20(29-19)28-16-9-10-22-15-8-6-5-7-13(15)16/h5-11H,1-4H3,(H,23,24,26). The molecule has 0 fully saturated rings. The largest absolute Gasteiger partial charge is 0.465 e. The Kier molecular flexibility index (Phi) is 5.14. The highest BCUT2D eigenvalue weighted by atomic mass is 32.2. The molecule has 3 heterocycles. The average molecular weight is 425 g/mol. The minimum Gasteiger partial charge on any atom is -0.465 e. The molecule has 4 rings (SSSR count). The summed E-state index contributed by atoms with van der Waals surface area (Å²) in [6.07, 6.45) is 1.78. The van der Waals surface area contributed by atoms with Crippen LogP contribution in [0.1, 0.15) is 42.6 Å². The third-order valence-corrected chi connectivity index (χ3v) is 6.30. The second-order valence-electron chi connectivity index (χ2n) is 7.59. The van der Waals surface area contributed by atoms with Crippen LogP contribution in [0.15, 0.2) is 56.2 Å². The van der Waals surface area contributed by atoms with E-state index in [9.17, 15) is 4.79 Å². The maximum Gasteiger partial charge on any atom is 0.261 e. The van der Waals surface area contributed by atoms with Gasteiger partial charge < -0.3 is 4.42 Å². The van der Waals surface area contributed by atoms with Crippen LogP contribution in [0.3, 0.4) is 0 Å². The number of furan rings is 1. The van der Waals surface area contributed by atoms with Crippen molar-refractivity contribution in [3.8, 4) is 0 Å². The van der Waals surface area contributed by atoms with Gasteiger partial charge in [0.05, 0.1) is 11.1 Å². The van der Waals surface area contributed by atoms with E-state index in [-0.39, 0.29) is 11.3 Å². The van der Waals surface area contributed by atoms with Crippen LogP contribution in [0.4, 0.5) is 5.13 Å². The van der Waals surface area contributed by atoms with Crippen molar-refractivity contribution in [1.82, 2.24) is 15.2 Å². The molecule has 0 aliphatic rings. The lowest BCUT2D eigenvalue weighted by atomic mass is 9.93. The van der Waals surface area contributed by atoms with E-state index in [1.807, 2.05) is 51.1 Å². The first-order valence-electron chi connectivity index (χ1n) is 9.08. The van der Waals surface area contributed by atoms with E-state index in [4.69, 9.17) is 4.42 Å². The maximum absolute atomic E-state index is 12.7. The topological polar surface area (TPSA) is 80.9 Å². The number of amides is 1. The Hall–Kier alpha value is -2.71. The molecule has 0 atom stereocenters. The number of benzene rings is 1. The van der Waals surface area contributed by atoms with E-state index < -0.39 is 0 Å². The molecule has 0 radical (unpaired) electrons. The number of rotatable bonds is 4. The number of aromatic nitrogens is 3. The van der Waals surface area contributed by atoms with Crippen LogP contribution in [-0.2, 0) is 5.41 Å². The molecule has 4 aromatic rings. The molecular formula is C21H20N4O2S2. The number of nitrogens with one attached hydrogen (secondary N) is 1. The number of carbonyl (C=O) groups excluding carboxylic acids is 1. The fourth-order valence-electron chi connectivity index (χ4n) is 2.80. The molecule has 1 aromatic carbocycles. The molecule has 0 saturated carbocycles. The fourth-order valence-corrected chi connectivity index (χ4v) is 4.62. The van der Waals surface area contributed by atoms with E-state index in [1.54, 1.807) is 19.2 Å². The van der Waals surface area contributed by atoms with Crippen molar-refractivity contribution in [2.45, 2.75) is 42.3 Å². The Morgan fingerprint density at radius 3 is 2.72 bits per heavy atom. The molecule has 0 aliphatic heterocycles. The average Bonchev–Trinajstić information content (AvgIpc) is 3.28. The molecule has 0 aliphatic carbocycles. The Labute approximate surface area is 176 Å². The van der Waals surface area contributed by atoms with Crippen LogP contribution in [-0.4, -0.2) is 21.1 Å². The quantitative estimate of drug-likeness (QED) is 0.424. The van der Waals surface area contributed by atoms with Gasteiger partial charge in [0.25, 0.3) is 5.91 Å². The van der Waals surface area contributed by atoms with Crippen molar-refractivity contribution in [3.63, 3.8) is 0 Å². The summed E-state index contributed by atoms with van der Waals surface area (Å²) in [4.78, 5) is 18.1. The van der Waals surface area contributed by atoms with Gasteiger partial charge in [0.1, 0.15) is 11.5 Å². The first-order chi connectivity index (χ1) is 13.8. The molecule has 8 heteroatoms. The molecule has 0 saturated heterocycles. The van der Waals surface area contributed by atoms with E-state index in [0.29, 0.717) is 16.5 Å². The van der Waals surface area contributed by atoms with Crippen molar-refractivity contribution < 1.29 is 9.21 Å². The number of anilines is 1. The minimum absolute atomic E-state index is 0.164. The molecule has 1 amide bonds. The molecular weight excluding hydrogens is 404 g/mol. The van der Waals surface area contributed by atoms with Gasteiger partial charge >= 0.3 is 0 Å². The first-order valence-corrected chi connectivity index (χ1v) is 10.7. The van der Waals surface area contributed by atoms with Crippen LogP contribution in [0.25, 0.3) is 10.9 Å². The van der Waals surface area contributed by atoms with Gasteiger partial charge in [0.2, 0.25) is 5.13 Å². The summed E-state index contributed by atoms with van der Waals surface area (Å²) in [6, 6.07) is 11.7. The summed E-state index contributed by atoms with van der Waals surface area (Å²) >= 11 is 2.84. The smallest absolute Gasteiger partial charge is 0.261 e. The first kappa shape index (κ1) is 19.6. The highest BCUT2D eigenvalue weighted by molar-refractivity contribution is 8.01. The summed E-state index contributed by atoms with van der Waals surface area (Å²) in [5.74, 6) is 1.12. The predicted molar refractivity (Wildman–Crippen MR) is 116 cm³/mol. The van der Waals surface area contributed by atoms with Gasteiger partial charge in [0, 0.05) is 21.9 Å². The van der Waals surface area contributed by atoms with Crippen molar-refractivity contribution in [2.75, 3.05) is 5.32 Å². The van der Waals surface area contributed by atoms with Crippen molar-refractivity contribution in [3.05, 3.63) is 59.7 Å². The van der Waals surface area contributed by atoms with Crippen LogP contribution < -0.4 is 5.32 Å². The normalized spacial score (nSPS) is 11.7. The van der Waals surface area contributed by atoms with Gasteiger partial charge in [-0.2, -0.15) is 0 Å². The zero-order valence-corrected chi connectivity index (χ0v) is 18.1. The maximum atomic E-state index is 12.7. The molecule has 3 aromatic heterocycles. The Balaban J connectivity index is 1.51. The number of hydrogen-bond acceptors (Lipinski definition) is 7. The van der Waals surface area contributed by atoms with Crippen molar-refractivity contribution in [2.24, 2.45) is 0 Å². The highest BCUT2D eigenvalue weighted by Crippen LogP contribution is 2.35. The van der Waals surface area contributed by atoms with E-state index >= 15 is 0 Å². The van der Waals surface area contributed by atoms with Crippen LogP contribution in [0.5, 0.6) is 0 Å². The molecule has 29 heavy (non-hydrogen) atoms. The Morgan fingerprint density at radius 2 is 1.97 bits per heavy atom. The van der Waals surface area contributed by atoms with E-state index in [0.717, 1.165) is 25.9 Å². The van der Waals surface area contributed by atoms with Gasteiger partial charge in [-0.05, 0) is 25.1 Å². The highest BCUT2D eigenvalue weighted by Gasteiger charge is 2.23. The molecule has 6 nitrogen and oxygen atoms in total. The van der Waals surface area contributed by atoms with Gasteiger partial charge in [0.15, 0.2) is 4.34 Å². The summed E-state index contributed by atoms with van der Waals surface area (Å²) in [5.41, 5.74) is 1.28. The lowest BCUT2D eigenvalue weighted by Crippen LogP contribution is -2.12. The summed E-state index contributed by atoms with van der Waals surface area (Å²) in [5, 5.41) is 12.7. The molecule has 0 spiro atoms. The number of fused-ring (bicyclic) bond motifs is 1. The molecule has 0 unspecified atom stereocenters. The number of nitrogens with zero attached hydrogens (tertiary/aromatic N) is 3. The minimum atomic E-state index is -0.246. The number of aryl methyl sites for hydroxylation is 1. The summed E-state index contributed by atoms with van der Waals surface area (Å²) in [7, 11) is 0. The number of para-hydroxylation sites is 1. The Bertz CT molecular complexity index is 1190. The lowest BCUT2D eigenvalue weighted by molar-refractivity contribution is 0.102.